The fraction of sp³-hybridized carbons (Fsp3) is 0.385. The second kappa shape index (κ2) is 7.36. The smallest absolute Gasteiger partial charge is 0.315 e. The topological polar surface area (TPSA) is 51.0 Å². The molecule has 102 valence electrons. The van der Waals surface area contributed by atoms with Crippen molar-refractivity contribution in [2.45, 2.75) is 19.3 Å². The first-order valence-electron chi connectivity index (χ1n) is 6.14. The minimum absolute atomic E-state index is 0.457. The fourth-order valence-corrected chi connectivity index (χ4v) is 1.87. The van der Waals surface area contributed by atoms with E-state index in [1.165, 1.54) is 5.56 Å². The highest BCUT2D eigenvalue weighted by molar-refractivity contribution is 6.30. The van der Waals surface area contributed by atoms with E-state index in [0.29, 0.717) is 17.8 Å². The number of halogens is 2. The van der Waals surface area contributed by atoms with Crippen molar-refractivity contribution in [2.24, 2.45) is 0 Å². The van der Waals surface area contributed by atoms with E-state index in [4.69, 9.17) is 27.6 Å². The lowest BCUT2D eigenvalue weighted by Gasteiger charge is -2.02. The van der Waals surface area contributed by atoms with Crippen molar-refractivity contribution in [1.82, 2.24) is 10.2 Å². The van der Waals surface area contributed by atoms with Gasteiger partial charge < -0.3 is 9.73 Å². The summed E-state index contributed by atoms with van der Waals surface area (Å²) < 4.78 is 5.43. The zero-order valence-electron chi connectivity index (χ0n) is 10.4. The molecule has 0 aliphatic carbocycles. The normalized spacial score (nSPS) is 10.6. The highest BCUT2D eigenvalue weighted by Gasteiger charge is 2.04. The number of rotatable bonds is 7. The van der Waals surface area contributed by atoms with Gasteiger partial charge in [-0.1, -0.05) is 28.8 Å². The summed E-state index contributed by atoms with van der Waals surface area (Å²) in [5.41, 5.74) is 1.21. The van der Waals surface area contributed by atoms with Gasteiger partial charge in [0.2, 0.25) is 5.89 Å². The molecular weight excluding hydrogens is 285 g/mol. The molecule has 0 bridgehead atoms. The first kappa shape index (κ1) is 14.2. The van der Waals surface area contributed by atoms with Crippen LogP contribution in [0.2, 0.25) is 5.02 Å². The van der Waals surface area contributed by atoms with Crippen LogP contribution < -0.4 is 5.32 Å². The van der Waals surface area contributed by atoms with E-state index in [2.05, 4.69) is 15.5 Å². The molecule has 2 rings (SSSR count). The van der Waals surface area contributed by atoms with Crippen LogP contribution in [0.5, 0.6) is 0 Å². The van der Waals surface area contributed by atoms with Crippen molar-refractivity contribution >= 4 is 29.2 Å². The van der Waals surface area contributed by atoms with Gasteiger partial charge in [0.05, 0.1) is 0 Å². The zero-order chi connectivity index (χ0) is 13.5. The van der Waals surface area contributed by atoms with Gasteiger partial charge in [-0.05, 0) is 30.5 Å². The molecule has 0 unspecified atom stereocenters. The standard InChI is InChI=1S/C13H15Cl2N3O/c14-8-1-2-12-17-18-13(19-12)16-9-7-10-3-5-11(15)6-4-10/h3-6H,1-2,7-9H2,(H,16,18). The molecule has 1 N–H and O–H groups in total. The van der Waals surface area contributed by atoms with Crippen molar-refractivity contribution in [3.63, 3.8) is 0 Å². The average molecular weight is 300 g/mol. The average Bonchev–Trinajstić information content (AvgIpc) is 2.87. The Morgan fingerprint density at radius 2 is 1.89 bits per heavy atom. The van der Waals surface area contributed by atoms with Crippen LogP contribution in [-0.4, -0.2) is 22.6 Å². The lowest BCUT2D eigenvalue weighted by Crippen LogP contribution is -2.04. The highest BCUT2D eigenvalue weighted by atomic mass is 35.5. The molecule has 19 heavy (non-hydrogen) atoms. The molecule has 0 radical (unpaired) electrons. The summed E-state index contributed by atoms with van der Waals surface area (Å²) in [6.45, 7) is 0.735. The van der Waals surface area contributed by atoms with Crippen LogP contribution in [-0.2, 0) is 12.8 Å². The van der Waals surface area contributed by atoms with E-state index in [1.807, 2.05) is 24.3 Å². The summed E-state index contributed by atoms with van der Waals surface area (Å²) in [4.78, 5) is 0. The van der Waals surface area contributed by atoms with Crippen molar-refractivity contribution in [3.05, 3.63) is 40.7 Å². The number of anilines is 1. The Kier molecular flexibility index (Phi) is 5.48. The van der Waals surface area contributed by atoms with Gasteiger partial charge in [-0.15, -0.1) is 16.7 Å². The van der Waals surface area contributed by atoms with Crippen molar-refractivity contribution in [2.75, 3.05) is 17.7 Å². The number of benzene rings is 1. The first-order chi connectivity index (χ1) is 9.28. The maximum atomic E-state index is 5.83. The zero-order valence-corrected chi connectivity index (χ0v) is 11.9. The van der Waals surface area contributed by atoms with Crippen LogP contribution in [0.1, 0.15) is 17.9 Å². The third-order valence-electron chi connectivity index (χ3n) is 2.59. The number of hydrogen-bond acceptors (Lipinski definition) is 4. The highest BCUT2D eigenvalue weighted by Crippen LogP contribution is 2.11. The number of aryl methyl sites for hydroxylation is 1. The SMILES string of the molecule is ClCCCc1nnc(NCCc2ccc(Cl)cc2)o1. The van der Waals surface area contributed by atoms with Gasteiger partial charge in [-0.2, -0.15) is 0 Å². The van der Waals surface area contributed by atoms with E-state index >= 15 is 0 Å². The van der Waals surface area contributed by atoms with Gasteiger partial charge in [0.15, 0.2) is 0 Å². The lowest BCUT2D eigenvalue weighted by atomic mass is 10.1. The van der Waals surface area contributed by atoms with E-state index in [9.17, 15) is 0 Å². The molecular formula is C13H15Cl2N3O. The monoisotopic (exact) mass is 299 g/mol. The molecule has 6 heteroatoms. The van der Waals surface area contributed by atoms with Gasteiger partial charge in [0.25, 0.3) is 0 Å². The number of hydrogen-bond donors (Lipinski definition) is 1. The second-order valence-electron chi connectivity index (χ2n) is 4.10. The Morgan fingerprint density at radius 3 is 2.63 bits per heavy atom. The lowest BCUT2D eigenvalue weighted by molar-refractivity contribution is 0.501. The molecule has 0 saturated heterocycles. The number of nitrogens with zero attached hydrogens (tertiary/aromatic N) is 2. The molecule has 0 aliphatic heterocycles. The molecule has 0 fully saturated rings. The van der Waals surface area contributed by atoms with Gasteiger partial charge in [-0.3, -0.25) is 0 Å². The van der Waals surface area contributed by atoms with Crippen molar-refractivity contribution < 1.29 is 4.42 Å². The van der Waals surface area contributed by atoms with Gasteiger partial charge in [-0.25, -0.2) is 0 Å². The van der Waals surface area contributed by atoms with E-state index in [0.717, 1.165) is 30.8 Å². The third kappa shape index (κ3) is 4.73. The van der Waals surface area contributed by atoms with Gasteiger partial charge in [0, 0.05) is 23.9 Å². The Hall–Kier alpha value is -1.26. The Labute approximate surface area is 122 Å². The van der Waals surface area contributed by atoms with Crippen LogP contribution >= 0.6 is 23.2 Å². The van der Waals surface area contributed by atoms with E-state index in [-0.39, 0.29) is 0 Å². The molecule has 2 aromatic rings. The van der Waals surface area contributed by atoms with E-state index < -0.39 is 0 Å². The predicted molar refractivity (Wildman–Crippen MR) is 77.0 cm³/mol. The van der Waals surface area contributed by atoms with Crippen LogP contribution in [0.25, 0.3) is 0 Å². The van der Waals surface area contributed by atoms with Gasteiger partial charge in [0.1, 0.15) is 0 Å². The Morgan fingerprint density at radius 1 is 1.11 bits per heavy atom. The van der Waals surface area contributed by atoms with E-state index in [1.54, 1.807) is 0 Å². The maximum Gasteiger partial charge on any atom is 0.315 e. The first-order valence-corrected chi connectivity index (χ1v) is 7.06. The minimum Gasteiger partial charge on any atom is -0.408 e. The summed E-state index contributed by atoms with van der Waals surface area (Å²) in [6.07, 6.45) is 2.43. The molecule has 1 heterocycles. The number of alkyl halides is 1. The van der Waals surface area contributed by atoms with Gasteiger partial charge >= 0.3 is 6.01 Å². The van der Waals surface area contributed by atoms with Crippen molar-refractivity contribution in [3.8, 4) is 0 Å². The number of nitrogens with one attached hydrogen (secondary N) is 1. The predicted octanol–water partition coefficient (Wildman–Crippen LogP) is 3.55. The van der Waals surface area contributed by atoms with Crippen LogP contribution in [0.15, 0.2) is 28.7 Å². The second-order valence-corrected chi connectivity index (χ2v) is 4.91. The van der Waals surface area contributed by atoms with Crippen LogP contribution in [0, 0.1) is 0 Å². The molecule has 1 aromatic carbocycles. The molecule has 0 aliphatic rings. The van der Waals surface area contributed by atoms with Crippen molar-refractivity contribution in [1.29, 1.82) is 0 Å². The largest absolute Gasteiger partial charge is 0.408 e. The van der Waals surface area contributed by atoms with Crippen LogP contribution in [0.3, 0.4) is 0 Å². The quantitative estimate of drug-likeness (QED) is 0.794. The van der Waals surface area contributed by atoms with Crippen LogP contribution in [0.4, 0.5) is 6.01 Å². The summed E-state index contributed by atoms with van der Waals surface area (Å²) in [7, 11) is 0. The number of aromatic nitrogens is 2. The summed E-state index contributed by atoms with van der Waals surface area (Å²) >= 11 is 11.4. The Bertz CT molecular complexity index is 499. The minimum atomic E-state index is 0.457. The maximum absolute atomic E-state index is 5.83. The molecule has 1 aromatic heterocycles. The molecule has 0 saturated carbocycles. The molecule has 4 nitrogen and oxygen atoms in total. The summed E-state index contributed by atoms with van der Waals surface area (Å²) in [6, 6.07) is 8.23. The Balaban J connectivity index is 1.76. The fourth-order valence-electron chi connectivity index (χ4n) is 1.61. The molecule has 0 amide bonds. The molecule has 0 atom stereocenters. The summed E-state index contributed by atoms with van der Waals surface area (Å²) in [5, 5.41) is 11.7. The third-order valence-corrected chi connectivity index (χ3v) is 3.11. The summed E-state index contributed by atoms with van der Waals surface area (Å²) in [5.74, 6) is 1.22. The molecule has 0 spiro atoms.